The minimum atomic E-state index is -0.554. The summed E-state index contributed by atoms with van der Waals surface area (Å²) in [5.41, 5.74) is -0.186. The highest BCUT2D eigenvalue weighted by molar-refractivity contribution is 5.87. The van der Waals surface area contributed by atoms with E-state index in [1.165, 1.54) is 0 Å². The third-order valence-electron chi connectivity index (χ3n) is 7.19. The molecular weight excluding hydrogens is 296 g/mol. The molecule has 3 heterocycles. The van der Waals surface area contributed by atoms with Crippen LogP contribution in [0, 0.1) is 16.7 Å². The van der Waals surface area contributed by atoms with Crippen LogP contribution < -0.4 is 0 Å². The van der Waals surface area contributed by atoms with Gasteiger partial charge >= 0.3 is 11.9 Å². The molecule has 0 amide bonds. The fourth-order valence-electron chi connectivity index (χ4n) is 6.28. The number of hydrogen-bond donors (Lipinski definition) is 0. The Morgan fingerprint density at radius 1 is 1.17 bits per heavy atom. The number of esters is 2. The van der Waals surface area contributed by atoms with Crippen molar-refractivity contribution in [3.8, 4) is 0 Å². The quantitative estimate of drug-likeness (QED) is 0.547. The van der Waals surface area contributed by atoms with E-state index >= 15 is 0 Å². The Hall–Kier alpha value is -1.36. The predicted octanol–water partition coefficient (Wildman–Crippen LogP) is 2.14. The highest BCUT2D eigenvalue weighted by Gasteiger charge is 2.82. The Morgan fingerprint density at radius 3 is 2.65 bits per heavy atom. The standard InChI is InChI=1S/C18H22O5/c1-4-10-18-9(8-11(19)21-10)16(2)6-5-7-17(3)13(16)12(14(18)23-18)22-15(17)20/h8,10,12-14H,4-7H2,1-3H3/t10-,12?,13?,14-,16-,17+,18+/m1/s1. The summed E-state index contributed by atoms with van der Waals surface area (Å²) < 4.78 is 17.6. The van der Waals surface area contributed by atoms with Gasteiger partial charge in [0.15, 0.2) is 5.60 Å². The minimum absolute atomic E-state index is 0.0894. The lowest BCUT2D eigenvalue weighted by molar-refractivity contribution is -0.150. The van der Waals surface area contributed by atoms with Gasteiger partial charge < -0.3 is 14.2 Å². The summed E-state index contributed by atoms with van der Waals surface area (Å²) in [6, 6.07) is 0. The zero-order valence-electron chi connectivity index (χ0n) is 13.8. The number of fused-ring (bicyclic) bond motifs is 2. The smallest absolute Gasteiger partial charge is 0.331 e. The topological polar surface area (TPSA) is 65.1 Å². The number of ether oxygens (including phenoxy) is 3. The first-order chi connectivity index (χ1) is 10.9. The van der Waals surface area contributed by atoms with Gasteiger partial charge in [-0.05, 0) is 37.2 Å². The van der Waals surface area contributed by atoms with Crippen LogP contribution in [-0.4, -0.2) is 35.9 Å². The van der Waals surface area contributed by atoms with E-state index in [4.69, 9.17) is 14.2 Å². The Kier molecular flexibility index (Phi) is 2.33. The van der Waals surface area contributed by atoms with Crippen molar-refractivity contribution < 1.29 is 23.8 Å². The molecule has 23 heavy (non-hydrogen) atoms. The van der Waals surface area contributed by atoms with Crippen LogP contribution in [0.25, 0.3) is 0 Å². The van der Waals surface area contributed by atoms with Crippen LogP contribution in [0.4, 0.5) is 0 Å². The van der Waals surface area contributed by atoms with Crippen molar-refractivity contribution >= 4 is 11.9 Å². The highest BCUT2D eigenvalue weighted by atomic mass is 16.7. The van der Waals surface area contributed by atoms with Crippen molar-refractivity contribution in [1.82, 2.24) is 0 Å². The first-order valence-electron chi connectivity index (χ1n) is 8.70. The molecule has 2 unspecified atom stereocenters. The second-order valence-corrected chi connectivity index (χ2v) is 8.26. The Bertz CT molecular complexity index is 668. The zero-order valence-corrected chi connectivity index (χ0v) is 13.8. The van der Waals surface area contributed by atoms with E-state index in [0.29, 0.717) is 6.42 Å². The van der Waals surface area contributed by atoms with Crippen molar-refractivity contribution in [3.63, 3.8) is 0 Å². The molecule has 5 nitrogen and oxygen atoms in total. The normalized spacial score (nSPS) is 55.9. The molecule has 2 saturated carbocycles. The zero-order chi connectivity index (χ0) is 16.2. The van der Waals surface area contributed by atoms with E-state index in [1.54, 1.807) is 6.08 Å². The number of cyclic esters (lactones) is 1. The van der Waals surface area contributed by atoms with E-state index in [0.717, 1.165) is 24.8 Å². The number of rotatable bonds is 1. The van der Waals surface area contributed by atoms with Gasteiger partial charge in [-0.25, -0.2) is 4.79 Å². The predicted molar refractivity (Wildman–Crippen MR) is 79.3 cm³/mol. The van der Waals surface area contributed by atoms with E-state index < -0.39 is 11.0 Å². The van der Waals surface area contributed by atoms with Crippen LogP contribution in [0.3, 0.4) is 0 Å². The molecule has 0 radical (unpaired) electrons. The molecule has 124 valence electrons. The fourth-order valence-corrected chi connectivity index (χ4v) is 6.28. The first-order valence-corrected chi connectivity index (χ1v) is 8.70. The summed E-state index contributed by atoms with van der Waals surface area (Å²) in [7, 11) is 0. The molecule has 7 atom stereocenters. The molecule has 5 aliphatic rings. The largest absolute Gasteiger partial charge is 0.459 e. The summed E-state index contributed by atoms with van der Waals surface area (Å²) in [5, 5.41) is 0. The van der Waals surface area contributed by atoms with Crippen LogP contribution in [0.2, 0.25) is 0 Å². The third kappa shape index (κ3) is 1.32. The summed E-state index contributed by atoms with van der Waals surface area (Å²) in [6.45, 7) is 6.24. The number of epoxide rings is 1. The second kappa shape index (κ2) is 3.82. The highest BCUT2D eigenvalue weighted by Crippen LogP contribution is 2.72. The lowest BCUT2D eigenvalue weighted by Gasteiger charge is -2.53. The molecule has 0 N–H and O–H groups in total. The van der Waals surface area contributed by atoms with Crippen molar-refractivity contribution in [2.24, 2.45) is 16.7 Å². The fraction of sp³-hybridized carbons (Fsp3) is 0.778. The molecule has 5 heteroatoms. The summed E-state index contributed by atoms with van der Waals surface area (Å²) in [5.74, 6) is -0.279. The van der Waals surface area contributed by atoms with E-state index in [9.17, 15) is 9.59 Å². The maximum atomic E-state index is 12.6. The molecule has 0 aromatic rings. The molecular formula is C18H22O5. The van der Waals surface area contributed by atoms with Crippen LogP contribution in [0.15, 0.2) is 11.6 Å². The molecule has 0 aromatic carbocycles. The van der Waals surface area contributed by atoms with Crippen LogP contribution in [0.1, 0.15) is 46.5 Å². The van der Waals surface area contributed by atoms with Crippen molar-refractivity contribution in [2.75, 3.05) is 0 Å². The van der Waals surface area contributed by atoms with Gasteiger partial charge in [0.1, 0.15) is 18.3 Å². The van der Waals surface area contributed by atoms with Gasteiger partial charge in [0.05, 0.1) is 5.41 Å². The average Bonchev–Trinajstić information content (AvgIpc) is 3.17. The molecule has 4 fully saturated rings. The Morgan fingerprint density at radius 2 is 1.91 bits per heavy atom. The maximum absolute atomic E-state index is 12.6. The SMILES string of the molecule is CC[C@H]1OC(=O)C=C2[C@]13O[C@@H]3C1OC(=O)[C@@]3(C)CCC[C@@]2(C)C13. The number of carbonyl (C=O) groups is 2. The van der Waals surface area contributed by atoms with Crippen LogP contribution in [-0.2, 0) is 23.8 Å². The van der Waals surface area contributed by atoms with Gasteiger partial charge in [-0.2, -0.15) is 0 Å². The van der Waals surface area contributed by atoms with Gasteiger partial charge in [0.2, 0.25) is 0 Å². The molecule has 0 aromatic heterocycles. The molecule has 0 bridgehead atoms. The van der Waals surface area contributed by atoms with Gasteiger partial charge in [-0.1, -0.05) is 20.3 Å². The lowest BCUT2D eigenvalue weighted by atomic mass is 9.47. The number of carbonyl (C=O) groups excluding carboxylic acids is 2. The molecule has 5 rings (SSSR count). The van der Waals surface area contributed by atoms with E-state index in [1.807, 2.05) is 13.8 Å². The molecule has 1 spiro atoms. The Balaban J connectivity index is 1.73. The van der Waals surface area contributed by atoms with E-state index in [-0.39, 0.29) is 41.6 Å². The molecule has 2 saturated heterocycles. The number of hydrogen-bond acceptors (Lipinski definition) is 5. The van der Waals surface area contributed by atoms with Gasteiger partial charge in [0.25, 0.3) is 0 Å². The first kappa shape index (κ1) is 14.0. The molecule has 3 aliphatic heterocycles. The third-order valence-corrected chi connectivity index (χ3v) is 7.19. The van der Waals surface area contributed by atoms with Crippen molar-refractivity contribution in [1.29, 1.82) is 0 Å². The lowest BCUT2D eigenvalue weighted by Crippen LogP contribution is -2.59. The van der Waals surface area contributed by atoms with Crippen molar-refractivity contribution in [2.45, 2.75) is 70.4 Å². The second-order valence-electron chi connectivity index (χ2n) is 8.26. The molecule has 2 aliphatic carbocycles. The minimum Gasteiger partial charge on any atom is -0.459 e. The monoisotopic (exact) mass is 318 g/mol. The van der Waals surface area contributed by atoms with Gasteiger partial charge in [-0.3, -0.25) is 4.79 Å². The summed E-state index contributed by atoms with van der Waals surface area (Å²) in [4.78, 5) is 24.7. The van der Waals surface area contributed by atoms with Gasteiger partial charge in [-0.15, -0.1) is 0 Å². The average molecular weight is 318 g/mol. The van der Waals surface area contributed by atoms with Crippen LogP contribution >= 0.6 is 0 Å². The Labute approximate surface area is 135 Å². The van der Waals surface area contributed by atoms with Crippen molar-refractivity contribution in [3.05, 3.63) is 11.6 Å². The summed E-state index contributed by atoms with van der Waals surface area (Å²) in [6.07, 6.45) is 4.51. The van der Waals surface area contributed by atoms with E-state index in [2.05, 4.69) is 6.92 Å². The van der Waals surface area contributed by atoms with Gasteiger partial charge in [0, 0.05) is 12.0 Å². The summed E-state index contributed by atoms with van der Waals surface area (Å²) >= 11 is 0. The van der Waals surface area contributed by atoms with Crippen LogP contribution in [0.5, 0.6) is 0 Å². The maximum Gasteiger partial charge on any atom is 0.331 e.